The Morgan fingerprint density at radius 3 is 2.05 bits per heavy atom. The van der Waals surface area contributed by atoms with E-state index in [-0.39, 0.29) is 12.5 Å². The second kappa shape index (κ2) is 11.1. The van der Waals surface area contributed by atoms with Gasteiger partial charge in [-0.2, -0.15) is 0 Å². The third kappa shape index (κ3) is 7.88. The van der Waals surface area contributed by atoms with Crippen LogP contribution in [0.2, 0.25) is 0 Å². The summed E-state index contributed by atoms with van der Waals surface area (Å²) in [5.74, 6) is 0.254. The fourth-order valence-corrected chi connectivity index (χ4v) is 2.74. The number of aliphatic hydroxyl groups is 1. The lowest BCUT2D eigenvalue weighted by Crippen LogP contribution is -2.35. The van der Waals surface area contributed by atoms with Gasteiger partial charge in [0, 0.05) is 19.0 Å². The van der Waals surface area contributed by atoms with Gasteiger partial charge in [0.25, 0.3) is 0 Å². The number of carbonyl (C=O) groups is 1. The van der Waals surface area contributed by atoms with Crippen molar-refractivity contribution in [1.82, 2.24) is 4.90 Å². The molecule has 1 amide bonds. The number of carbonyl (C=O) groups excluding carboxylic acids is 1. The molecule has 3 nitrogen and oxygen atoms in total. The first-order valence-electron chi connectivity index (χ1n) is 8.70. The summed E-state index contributed by atoms with van der Waals surface area (Å²) >= 11 is 0. The summed E-state index contributed by atoms with van der Waals surface area (Å²) in [6.45, 7) is 2.87. The maximum absolute atomic E-state index is 12.0. The predicted octanol–water partition coefficient (Wildman–Crippen LogP) is 3.89. The number of nitrogens with zero attached hydrogens (tertiary/aromatic N) is 1. The quantitative estimate of drug-likeness (QED) is 0.521. The molecule has 20 heavy (non-hydrogen) atoms. The number of unbranched alkanes of at least 4 members (excludes halogenated alkanes) is 8. The second-order valence-electron chi connectivity index (χ2n) is 6.12. The van der Waals surface area contributed by atoms with Crippen LogP contribution in [-0.2, 0) is 4.79 Å². The summed E-state index contributed by atoms with van der Waals surface area (Å²) in [6.07, 6.45) is 14.5. The molecular weight excluding hydrogens is 250 g/mol. The summed E-state index contributed by atoms with van der Waals surface area (Å²) in [6, 6.07) is 0.438. The Hall–Kier alpha value is -0.570. The Kier molecular flexibility index (Phi) is 9.73. The van der Waals surface area contributed by atoms with E-state index in [0.29, 0.717) is 19.0 Å². The molecule has 1 fully saturated rings. The highest BCUT2D eigenvalue weighted by molar-refractivity contribution is 5.76. The van der Waals surface area contributed by atoms with E-state index in [2.05, 4.69) is 6.92 Å². The van der Waals surface area contributed by atoms with Gasteiger partial charge in [0.05, 0.1) is 6.61 Å². The zero-order valence-electron chi connectivity index (χ0n) is 13.3. The fourth-order valence-electron chi connectivity index (χ4n) is 2.74. The highest BCUT2D eigenvalue weighted by Crippen LogP contribution is 2.27. The van der Waals surface area contributed by atoms with Crippen molar-refractivity contribution in [3.8, 4) is 0 Å². The molecule has 0 aromatic rings. The molecule has 0 aromatic heterocycles. The molecule has 0 aromatic carbocycles. The summed E-state index contributed by atoms with van der Waals surface area (Å²) in [5, 5.41) is 9.00. The smallest absolute Gasteiger partial charge is 0.222 e. The molecule has 1 aliphatic carbocycles. The summed E-state index contributed by atoms with van der Waals surface area (Å²) in [7, 11) is 0. The number of hydrogen-bond donors (Lipinski definition) is 1. The van der Waals surface area contributed by atoms with Crippen molar-refractivity contribution in [2.24, 2.45) is 0 Å². The third-order valence-corrected chi connectivity index (χ3v) is 4.14. The Bertz CT molecular complexity index is 251. The molecule has 0 aliphatic heterocycles. The molecular formula is C17H33NO2. The van der Waals surface area contributed by atoms with Crippen LogP contribution in [-0.4, -0.2) is 35.1 Å². The Labute approximate surface area is 124 Å². The molecule has 118 valence electrons. The lowest BCUT2D eigenvalue weighted by Gasteiger charge is -2.21. The van der Waals surface area contributed by atoms with Crippen molar-refractivity contribution in [3.63, 3.8) is 0 Å². The van der Waals surface area contributed by atoms with Crippen molar-refractivity contribution < 1.29 is 9.90 Å². The minimum Gasteiger partial charge on any atom is -0.395 e. The van der Waals surface area contributed by atoms with Crippen molar-refractivity contribution >= 4 is 5.91 Å². The van der Waals surface area contributed by atoms with Gasteiger partial charge in [-0.05, 0) is 19.3 Å². The molecule has 0 unspecified atom stereocenters. The molecule has 0 spiro atoms. The first-order valence-corrected chi connectivity index (χ1v) is 8.70. The molecule has 0 saturated heterocycles. The zero-order valence-corrected chi connectivity index (χ0v) is 13.3. The van der Waals surface area contributed by atoms with Crippen LogP contribution in [0.4, 0.5) is 0 Å². The van der Waals surface area contributed by atoms with Crippen LogP contribution in [0.25, 0.3) is 0 Å². The summed E-state index contributed by atoms with van der Waals surface area (Å²) < 4.78 is 0. The van der Waals surface area contributed by atoms with E-state index in [9.17, 15) is 4.79 Å². The first kappa shape index (κ1) is 17.5. The number of rotatable bonds is 13. The predicted molar refractivity (Wildman–Crippen MR) is 83.7 cm³/mol. The molecule has 1 aliphatic rings. The standard InChI is InChI=1S/C17H33NO2/c1-2-3-4-5-6-7-8-9-10-11-17(20)18(14-15-19)16-12-13-16/h16,19H,2-15H2,1H3. The van der Waals surface area contributed by atoms with Crippen molar-refractivity contribution in [1.29, 1.82) is 0 Å². The summed E-state index contributed by atoms with van der Waals surface area (Å²) in [4.78, 5) is 13.9. The van der Waals surface area contributed by atoms with E-state index in [1.54, 1.807) is 0 Å². The fraction of sp³-hybridized carbons (Fsp3) is 0.941. The van der Waals surface area contributed by atoms with Crippen LogP contribution in [0.15, 0.2) is 0 Å². The lowest BCUT2D eigenvalue weighted by molar-refractivity contribution is -0.132. The van der Waals surface area contributed by atoms with E-state index in [4.69, 9.17) is 5.11 Å². The zero-order chi connectivity index (χ0) is 14.6. The van der Waals surface area contributed by atoms with Crippen molar-refractivity contribution in [2.75, 3.05) is 13.2 Å². The topological polar surface area (TPSA) is 40.5 Å². The van der Waals surface area contributed by atoms with Crippen LogP contribution in [0, 0.1) is 0 Å². The first-order chi connectivity index (χ1) is 9.79. The lowest BCUT2D eigenvalue weighted by atomic mass is 10.1. The van der Waals surface area contributed by atoms with Gasteiger partial charge in [-0.15, -0.1) is 0 Å². The Balaban J connectivity index is 1.93. The van der Waals surface area contributed by atoms with Gasteiger partial charge in [-0.25, -0.2) is 0 Å². The van der Waals surface area contributed by atoms with Crippen LogP contribution in [0.5, 0.6) is 0 Å². The van der Waals surface area contributed by atoms with Gasteiger partial charge < -0.3 is 10.0 Å². The molecule has 1 N–H and O–H groups in total. The SMILES string of the molecule is CCCCCCCCCCCC(=O)N(CCO)C1CC1. The third-order valence-electron chi connectivity index (χ3n) is 4.14. The maximum Gasteiger partial charge on any atom is 0.222 e. The Morgan fingerprint density at radius 2 is 1.55 bits per heavy atom. The normalized spacial score (nSPS) is 14.5. The molecule has 0 bridgehead atoms. The second-order valence-corrected chi connectivity index (χ2v) is 6.12. The molecule has 1 saturated carbocycles. The molecule has 0 atom stereocenters. The molecule has 1 rings (SSSR count). The van der Waals surface area contributed by atoms with E-state index in [1.807, 2.05) is 4.90 Å². The molecule has 3 heteroatoms. The summed E-state index contributed by atoms with van der Waals surface area (Å²) in [5.41, 5.74) is 0. The van der Waals surface area contributed by atoms with Gasteiger partial charge in [0.2, 0.25) is 5.91 Å². The van der Waals surface area contributed by atoms with E-state index in [0.717, 1.165) is 19.3 Å². The van der Waals surface area contributed by atoms with Crippen LogP contribution < -0.4 is 0 Å². The molecule has 0 radical (unpaired) electrons. The van der Waals surface area contributed by atoms with Crippen LogP contribution in [0.1, 0.15) is 84.0 Å². The highest BCUT2D eigenvalue weighted by Gasteiger charge is 2.31. The van der Waals surface area contributed by atoms with Crippen LogP contribution in [0.3, 0.4) is 0 Å². The molecule has 0 heterocycles. The van der Waals surface area contributed by atoms with E-state index < -0.39 is 0 Å². The minimum atomic E-state index is 0.0972. The van der Waals surface area contributed by atoms with Gasteiger partial charge in [0.1, 0.15) is 0 Å². The maximum atomic E-state index is 12.0. The van der Waals surface area contributed by atoms with Crippen molar-refractivity contribution in [2.45, 2.75) is 90.0 Å². The van der Waals surface area contributed by atoms with Gasteiger partial charge in [0.15, 0.2) is 0 Å². The monoisotopic (exact) mass is 283 g/mol. The average Bonchev–Trinajstić information content (AvgIpc) is 3.27. The highest BCUT2D eigenvalue weighted by atomic mass is 16.3. The number of aliphatic hydroxyl groups excluding tert-OH is 1. The van der Waals surface area contributed by atoms with Crippen LogP contribution >= 0.6 is 0 Å². The Morgan fingerprint density at radius 1 is 1.00 bits per heavy atom. The van der Waals surface area contributed by atoms with E-state index >= 15 is 0 Å². The number of hydrogen-bond acceptors (Lipinski definition) is 2. The van der Waals surface area contributed by atoms with E-state index in [1.165, 1.54) is 51.4 Å². The number of amides is 1. The average molecular weight is 283 g/mol. The minimum absolute atomic E-state index is 0.0972. The van der Waals surface area contributed by atoms with Gasteiger partial charge >= 0.3 is 0 Å². The van der Waals surface area contributed by atoms with Gasteiger partial charge in [-0.3, -0.25) is 4.79 Å². The largest absolute Gasteiger partial charge is 0.395 e. The van der Waals surface area contributed by atoms with Gasteiger partial charge in [-0.1, -0.05) is 58.3 Å². The van der Waals surface area contributed by atoms with Crippen molar-refractivity contribution in [3.05, 3.63) is 0 Å².